The summed E-state index contributed by atoms with van der Waals surface area (Å²) in [4.78, 5) is 0. The highest BCUT2D eigenvalue weighted by atomic mass is 16.3. The Kier molecular flexibility index (Phi) is 21.9. The highest BCUT2D eigenvalue weighted by molar-refractivity contribution is 5.20. The van der Waals surface area contributed by atoms with E-state index in [0.29, 0.717) is 11.5 Å². The van der Waals surface area contributed by atoms with Crippen LogP contribution in [0.1, 0.15) is 27.7 Å². The van der Waals surface area contributed by atoms with Gasteiger partial charge in [0.25, 0.3) is 0 Å². The second-order valence-corrected chi connectivity index (χ2v) is 3.20. The Balaban J connectivity index is -0.000000234. The minimum Gasteiger partial charge on any atom is -0.512 e. The number of rotatable bonds is 2. The molecule has 112 valence electrons. The van der Waals surface area contributed by atoms with E-state index in [9.17, 15) is 0 Å². The molecule has 0 aliphatic carbocycles. The number of hydrogen-bond donors (Lipinski definition) is 2. The summed E-state index contributed by atoms with van der Waals surface area (Å²) >= 11 is 0. The lowest BCUT2D eigenvalue weighted by atomic mass is 10.2. The first-order valence-corrected chi connectivity index (χ1v) is 6.47. The lowest BCUT2D eigenvalue weighted by Gasteiger charge is -1.91. The summed E-state index contributed by atoms with van der Waals surface area (Å²) in [7, 11) is 0. The van der Waals surface area contributed by atoms with Gasteiger partial charge in [0.2, 0.25) is 0 Å². The van der Waals surface area contributed by atoms with Gasteiger partial charge in [0.1, 0.15) is 5.75 Å². The molecule has 1 rings (SSSR count). The normalized spacial score (nSPS) is 9.60. The van der Waals surface area contributed by atoms with Crippen LogP contribution in [0.4, 0.5) is 0 Å². The van der Waals surface area contributed by atoms with Gasteiger partial charge in [-0.15, -0.1) is 13.2 Å². The molecule has 0 saturated carbocycles. The highest BCUT2D eigenvalue weighted by Crippen LogP contribution is 2.02. The maximum Gasteiger partial charge on any atom is 0.115 e. The summed E-state index contributed by atoms with van der Waals surface area (Å²) in [5, 5.41) is 17.5. The number of aliphatic hydroxyl groups is 1. The van der Waals surface area contributed by atoms with Crippen molar-refractivity contribution < 1.29 is 10.2 Å². The summed E-state index contributed by atoms with van der Waals surface area (Å²) in [5.74, 6) is 0.676. The third kappa shape index (κ3) is 18.2. The van der Waals surface area contributed by atoms with Gasteiger partial charge in [0.05, 0.1) is 5.76 Å². The number of allylic oxidation sites excluding steroid dienone is 5. The molecule has 0 unspecified atom stereocenters. The van der Waals surface area contributed by atoms with Crippen molar-refractivity contribution in [3.63, 3.8) is 0 Å². The van der Waals surface area contributed by atoms with Crippen LogP contribution >= 0.6 is 0 Å². The first-order valence-electron chi connectivity index (χ1n) is 6.47. The van der Waals surface area contributed by atoms with E-state index in [-0.39, 0.29) is 0 Å². The quantitative estimate of drug-likeness (QED) is 0.407. The van der Waals surface area contributed by atoms with Gasteiger partial charge < -0.3 is 10.2 Å². The van der Waals surface area contributed by atoms with Crippen LogP contribution in [0.3, 0.4) is 0 Å². The Labute approximate surface area is 124 Å². The molecule has 1 aromatic carbocycles. The van der Waals surface area contributed by atoms with Crippen molar-refractivity contribution in [1.82, 2.24) is 0 Å². The second kappa shape index (κ2) is 19.1. The number of para-hydroxylation sites is 1. The van der Waals surface area contributed by atoms with Crippen molar-refractivity contribution in [3.8, 4) is 5.75 Å². The van der Waals surface area contributed by atoms with Crippen LogP contribution in [0.15, 0.2) is 79.6 Å². The van der Waals surface area contributed by atoms with Gasteiger partial charge in [-0.25, -0.2) is 0 Å². The Morgan fingerprint density at radius 1 is 1.05 bits per heavy atom. The van der Waals surface area contributed by atoms with Gasteiger partial charge in [0, 0.05) is 0 Å². The summed E-state index contributed by atoms with van der Waals surface area (Å²) in [6.07, 6.45) is 5.27. The zero-order chi connectivity index (χ0) is 16.4. The van der Waals surface area contributed by atoms with E-state index in [2.05, 4.69) is 19.7 Å². The van der Waals surface area contributed by atoms with E-state index in [1.165, 1.54) is 0 Å². The predicted octanol–water partition coefficient (Wildman–Crippen LogP) is 5.80. The highest BCUT2D eigenvalue weighted by Gasteiger charge is 1.84. The molecule has 0 heterocycles. The van der Waals surface area contributed by atoms with Crippen molar-refractivity contribution in [2.75, 3.05) is 0 Å². The summed E-state index contributed by atoms with van der Waals surface area (Å²) < 4.78 is 0. The maximum absolute atomic E-state index is 8.84. The van der Waals surface area contributed by atoms with Crippen molar-refractivity contribution in [2.24, 2.45) is 0 Å². The lowest BCUT2D eigenvalue weighted by molar-refractivity contribution is 0.409. The van der Waals surface area contributed by atoms with E-state index in [0.717, 1.165) is 5.57 Å². The minimum atomic E-state index is 0.322. The maximum atomic E-state index is 8.84. The van der Waals surface area contributed by atoms with Crippen molar-refractivity contribution in [3.05, 3.63) is 79.6 Å². The smallest absolute Gasteiger partial charge is 0.115 e. The zero-order valence-electron chi connectivity index (χ0n) is 13.1. The first-order chi connectivity index (χ1) is 9.57. The molecule has 0 aliphatic rings. The molecule has 1 aromatic rings. The molecular formula is C18H28O2. The molecule has 0 amide bonds. The Morgan fingerprint density at radius 3 is 1.75 bits per heavy atom. The van der Waals surface area contributed by atoms with Crippen molar-refractivity contribution >= 4 is 0 Å². The molecule has 0 atom stereocenters. The molecule has 0 radical (unpaired) electrons. The minimum absolute atomic E-state index is 0.322. The van der Waals surface area contributed by atoms with E-state index >= 15 is 0 Å². The molecule has 0 spiro atoms. The number of aromatic hydroxyl groups is 1. The summed E-state index contributed by atoms with van der Waals surface area (Å²) in [6.45, 7) is 17.0. The molecule has 0 aliphatic heterocycles. The molecule has 0 bridgehead atoms. The summed E-state index contributed by atoms with van der Waals surface area (Å²) in [5.41, 5.74) is 0.870. The average Bonchev–Trinajstić information content (AvgIpc) is 2.50. The van der Waals surface area contributed by atoms with Crippen molar-refractivity contribution in [1.29, 1.82) is 0 Å². The molecule has 2 nitrogen and oxygen atoms in total. The van der Waals surface area contributed by atoms with Crippen molar-refractivity contribution in [2.45, 2.75) is 27.7 Å². The predicted molar refractivity (Wildman–Crippen MR) is 91.0 cm³/mol. The molecule has 0 saturated heterocycles. The van der Waals surface area contributed by atoms with E-state index < -0.39 is 0 Å². The molecule has 2 N–H and O–H groups in total. The third-order valence-corrected chi connectivity index (χ3v) is 1.81. The van der Waals surface area contributed by atoms with Gasteiger partial charge in [-0.1, -0.05) is 56.9 Å². The van der Waals surface area contributed by atoms with Crippen LogP contribution in [0, 0.1) is 0 Å². The monoisotopic (exact) mass is 276 g/mol. The van der Waals surface area contributed by atoms with Gasteiger partial charge in [-0.2, -0.15) is 0 Å². The van der Waals surface area contributed by atoms with Gasteiger partial charge in [-0.05, 0) is 31.6 Å². The summed E-state index contributed by atoms with van der Waals surface area (Å²) in [6, 6.07) is 8.71. The standard InChI is InChI=1S/C8H12O.C6H6O.C2H6.C2H4/c1-4-5-6-7(2)8(3)9;7-6-4-2-1-3-5-6;2*1-2/h4-6,9H,1H2,2-3H3;1-5,7H;1-2H3;1-2H2/b6-5-,8-7+;;;. The number of benzene rings is 1. The van der Waals surface area contributed by atoms with Crippen LogP contribution in [0.5, 0.6) is 5.75 Å². The fourth-order valence-corrected chi connectivity index (χ4v) is 0.761. The van der Waals surface area contributed by atoms with Crippen LogP contribution in [-0.2, 0) is 0 Å². The van der Waals surface area contributed by atoms with Crippen LogP contribution in [0.2, 0.25) is 0 Å². The van der Waals surface area contributed by atoms with Gasteiger partial charge in [0.15, 0.2) is 0 Å². The van der Waals surface area contributed by atoms with E-state index in [1.807, 2.05) is 32.9 Å². The molecule has 0 fully saturated rings. The van der Waals surface area contributed by atoms with E-state index in [1.54, 1.807) is 43.3 Å². The number of phenols is 1. The zero-order valence-corrected chi connectivity index (χ0v) is 13.1. The lowest BCUT2D eigenvalue weighted by Crippen LogP contribution is -1.75. The SMILES string of the molecule is C=C.C=C/C=C\C(C)=C(/C)O.CC.Oc1ccccc1. The van der Waals surface area contributed by atoms with Gasteiger partial charge >= 0.3 is 0 Å². The van der Waals surface area contributed by atoms with Gasteiger partial charge in [-0.3, -0.25) is 0 Å². The molecular weight excluding hydrogens is 248 g/mol. The topological polar surface area (TPSA) is 40.5 Å². The molecule has 2 heteroatoms. The Bertz CT molecular complexity index is 372. The largest absolute Gasteiger partial charge is 0.512 e. The second-order valence-electron chi connectivity index (χ2n) is 3.20. The molecule has 0 aromatic heterocycles. The number of aliphatic hydroxyl groups excluding tert-OH is 1. The molecule has 20 heavy (non-hydrogen) atoms. The van der Waals surface area contributed by atoms with Crippen LogP contribution in [0.25, 0.3) is 0 Å². The third-order valence-electron chi connectivity index (χ3n) is 1.81. The number of hydrogen-bond acceptors (Lipinski definition) is 2. The first kappa shape index (κ1) is 22.9. The van der Waals surface area contributed by atoms with Crippen LogP contribution < -0.4 is 0 Å². The Hall–Kier alpha value is -2.22. The fourth-order valence-electron chi connectivity index (χ4n) is 0.761. The van der Waals surface area contributed by atoms with Crippen LogP contribution in [-0.4, -0.2) is 10.2 Å². The van der Waals surface area contributed by atoms with E-state index in [4.69, 9.17) is 10.2 Å². The fraction of sp³-hybridized carbons (Fsp3) is 0.222. The Morgan fingerprint density at radius 2 is 1.50 bits per heavy atom. The average molecular weight is 276 g/mol. The number of phenolic OH excluding ortho intramolecular Hbond substituents is 1.